The number of ketones is 1. The van der Waals surface area contributed by atoms with Gasteiger partial charge >= 0.3 is 0 Å². The van der Waals surface area contributed by atoms with Gasteiger partial charge in [0.1, 0.15) is 5.82 Å². The second-order valence-corrected chi connectivity index (χ2v) is 4.67. The number of halogens is 1. The zero-order valence-corrected chi connectivity index (χ0v) is 11.1. The van der Waals surface area contributed by atoms with Crippen molar-refractivity contribution in [3.8, 4) is 0 Å². The van der Waals surface area contributed by atoms with Crippen LogP contribution in [0.5, 0.6) is 0 Å². The van der Waals surface area contributed by atoms with Crippen molar-refractivity contribution in [2.24, 2.45) is 0 Å². The summed E-state index contributed by atoms with van der Waals surface area (Å²) in [5.41, 5.74) is 2.49. The molecule has 0 bridgehead atoms. The van der Waals surface area contributed by atoms with Gasteiger partial charge in [-0.2, -0.15) is 0 Å². The minimum atomic E-state index is -0.286. The average molecular weight is 257 g/mol. The van der Waals surface area contributed by atoms with Crippen LogP contribution in [0.1, 0.15) is 15.9 Å². The molecule has 0 fully saturated rings. The number of Topliss-reactive ketones (excluding diaryl/α,β-unsaturated/α-hetero) is 1. The van der Waals surface area contributed by atoms with Gasteiger partial charge in [-0.15, -0.1) is 0 Å². The lowest BCUT2D eigenvalue weighted by atomic mass is 10.0. The van der Waals surface area contributed by atoms with Crippen LogP contribution in [0.15, 0.2) is 48.5 Å². The number of hydrogen-bond acceptors (Lipinski definition) is 2. The summed E-state index contributed by atoms with van der Waals surface area (Å²) >= 11 is 0. The fourth-order valence-corrected chi connectivity index (χ4v) is 1.85. The Bertz CT molecular complexity index is 576. The predicted molar refractivity (Wildman–Crippen MR) is 75.2 cm³/mol. The van der Waals surface area contributed by atoms with Crippen LogP contribution >= 0.6 is 0 Å². The van der Waals surface area contributed by atoms with Crippen LogP contribution < -0.4 is 4.90 Å². The Morgan fingerprint density at radius 1 is 1.11 bits per heavy atom. The van der Waals surface area contributed by atoms with Crippen molar-refractivity contribution in [3.05, 3.63) is 65.5 Å². The van der Waals surface area contributed by atoms with Crippen LogP contribution in [0.3, 0.4) is 0 Å². The summed E-state index contributed by atoms with van der Waals surface area (Å²) < 4.78 is 12.8. The van der Waals surface area contributed by atoms with Crippen molar-refractivity contribution < 1.29 is 9.18 Å². The van der Waals surface area contributed by atoms with Gasteiger partial charge in [0.2, 0.25) is 0 Å². The van der Waals surface area contributed by atoms with Crippen molar-refractivity contribution in [3.63, 3.8) is 0 Å². The molecule has 0 atom stereocenters. The van der Waals surface area contributed by atoms with E-state index in [2.05, 4.69) is 0 Å². The molecule has 0 aromatic heterocycles. The molecule has 0 aliphatic rings. The Morgan fingerprint density at radius 3 is 2.42 bits per heavy atom. The van der Waals surface area contributed by atoms with Gasteiger partial charge in [-0.1, -0.05) is 24.3 Å². The van der Waals surface area contributed by atoms with Crippen molar-refractivity contribution in [1.29, 1.82) is 0 Å². The van der Waals surface area contributed by atoms with Gasteiger partial charge in [0.25, 0.3) is 0 Å². The molecule has 19 heavy (non-hydrogen) atoms. The van der Waals surface area contributed by atoms with Gasteiger partial charge in [-0.25, -0.2) is 4.39 Å². The van der Waals surface area contributed by atoms with E-state index in [4.69, 9.17) is 0 Å². The first-order chi connectivity index (χ1) is 9.06. The summed E-state index contributed by atoms with van der Waals surface area (Å²) in [5, 5.41) is 0. The molecule has 2 nitrogen and oxygen atoms in total. The van der Waals surface area contributed by atoms with Crippen LogP contribution in [0.4, 0.5) is 10.1 Å². The molecular formula is C16H16FNO. The van der Waals surface area contributed by atoms with Crippen molar-refractivity contribution in [2.45, 2.75) is 6.42 Å². The van der Waals surface area contributed by atoms with Crippen LogP contribution in [0, 0.1) is 5.82 Å². The smallest absolute Gasteiger partial charge is 0.167 e. The van der Waals surface area contributed by atoms with Gasteiger partial charge < -0.3 is 4.90 Å². The molecule has 2 aromatic rings. The third-order valence-electron chi connectivity index (χ3n) is 2.96. The minimum absolute atomic E-state index is 0.0373. The molecule has 0 N–H and O–H groups in total. The highest BCUT2D eigenvalue weighted by molar-refractivity contribution is 5.98. The maximum atomic E-state index is 12.8. The lowest BCUT2D eigenvalue weighted by Gasteiger charge is -2.13. The number of carbonyl (C=O) groups excluding carboxylic acids is 1. The first-order valence-electron chi connectivity index (χ1n) is 6.11. The number of nitrogens with zero attached hydrogens (tertiary/aromatic N) is 1. The second kappa shape index (κ2) is 5.65. The molecule has 0 aliphatic carbocycles. The van der Waals surface area contributed by atoms with Gasteiger partial charge in [-0.3, -0.25) is 4.79 Å². The van der Waals surface area contributed by atoms with Crippen molar-refractivity contribution in [2.75, 3.05) is 19.0 Å². The fraction of sp³-hybridized carbons (Fsp3) is 0.188. The normalized spacial score (nSPS) is 10.3. The van der Waals surface area contributed by atoms with E-state index in [1.165, 1.54) is 12.1 Å². The molecule has 98 valence electrons. The number of benzene rings is 2. The van der Waals surface area contributed by atoms with E-state index in [0.717, 1.165) is 11.3 Å². The molecule has 0 spiro atoms. The van der Waals surface area contributed by atoms with Crippen molar-refractivity contribution in [1.82, 2.24) is 0 Å². The molecule has 2 rings (SSSR count). The highest BCUT2D eigenvalue weighted by atomic mass is 19.1. The lowest BCUT2D eigenvalue weighted by molar-refractivity contribution is 0.0993. The molecule has 3 heteroatoms. The average Bonchev–Trinajstić information content (AvgIpc) is 2.41. The Kier molecular flexibility index (Phi) is 3.95. The van der Waals surface area contributed by atoms with E-state index >= 15 is 0 Å². The molecule has 0 saturated carbocycles. The summed E-state index contributed by atoms with van der Waals surface area (Å²) in [6.45, 7) is 0. The van der Waals surface area contributed by atoms with E-state index in [9.17, 15) is 9.18 Å². The topological polar surface area (TPSA) is 20.3 Å². The van der Waals surface area contributed by atoms with Crippen molar-refractivity contribution >= 4 is 11.5 Å². The van der Waals surface area contributed by atoms with Crippen LogP contribution in [-0.2, 0) is 6.42 Å². The molecule has 0 saturated heterocycles. The minimum Gasteiger partial charge on any atom is -0.378 e. The van der Waals surface area contributed by atoms with Crippen LogP contribution in [0.2, 0.25) is 0 Å². The maximum absolute atomic E-state index is 12.8. The largest absolute Gasteiger partial charge is 0.378 e. The van der Waals surface area contributed by atoms with E-state index in [-0.39, 0.29) is 18.0 Å². The molecule has 0 heterocycles. The Morgan fingerprint density at radius 2 is 1.79 bits per heavy atom. The Balaban J connectivity index is 2.15. The summed E-state index contributed by atoms with van der Waals surface area (Å²) in [5.74, 6) is -0.249. The summed E-state index contributed by atoms with van der Waals surface area (Å²) in [6, 6.07) is 13.5. The molecule has 0 radical (unpaired) electrons. The van der Waals surface area contributed by atoms with E-state index in [1.807, 2.05) is 37.2 Å². The van der Waals surface area contributed by atoms with E-state index < -0.39 is 0 Å². The van der Waals surface area contributed by atoms with Crippen LogP contribution in [0.25, 0.3) is 0 Å². The SMILES string of the molecule is CN(C)c1cccc(C(=O)Cc2ccc(F)cc2)c1. The van der Waals surface area contributed by atoms with E-state index in [1.54, 1.807) is 18.2 Å². The van der Waals surface area contributed by atoms with E-state index in [0.29, 0.717) is 5.56 Å². The quantitative estimate of drug-likeness (QED) is 0.783. The van der Waals surface area contributed by atoms with Gasteiger partial charge in [0.05, 0.1) is 0 Å². The zero-order chi connectivity index (χ0) is 13.8. The third kappa shape index (κ3) is 3.41. The molecule has 0 aliphatic heterocycles. The predicted octanol–water partition coefficient (Wildman–Crippen LogP) is 3.32. The number of hydrogen-bond donors (Lipinski definition) is 0. The fourth-order valence-electron chi connectivity index (χ4n) is 1.85. The number of anilines is 1. The zero-order valence-electron chi connectivity index (χ0n) is 11.1. The summed E-state index contributed by atoms with van der Waals surface area (Å²) in [7, 11) is 3.87. The lowest BCUT2D eigenvalue weighted by Crippen LogP contribution is -2.10. The molecular weight excluding hydrogens is 241 g/mol. The van der Waals surface area contributed by atoms with Gasteiger partial charge in [-0.05, 0) is 29.8 Å². The Hall–Kier alpha value is -2.16. The number of rotatable bonds is 4. The maximum Gasteiger partial charge on any atom is 0.167 e. The molecule has 0 unspecified atom stereocenters. The van der Waals surface area contributed by atoms with Gasteiger partial charge in [0, 0.05) is 31.8 Å². The molecule has 0 amide bonds. The highest BCUT2D eigenvalue weighted by Gasteiger charge is 2.08. The summed E-state index contributed by atoms with van der Waals surface area (Å²) in [6.07, 6.45) is 0.289. The monoisotopic (exact) mass is 257 g/mol. The third-order valence-corrected chi connectivity index (χ3v) is 2.96. The first kappa shape index (κ1) is 13.3. The molecule has 2 aromatic carbocycles. The second-order valence-electron chi connectivity index (χ2n) is 4.67. The highest BCUT2D eigenvalue weighted by Crippen LogP contribution is 2.15. The number of carbonyl (C=O) groups is 1. The Labute approximate surface area is 112 Å². The van der Waals surface area contributed by atoms with Crippen LogP contribution in [-0.4, -0.2) is 19.9 Å². The van der Waals surface area contributed by atoms with Gasteiger partial charge in [0.15, 0.2) is 5.78 Å². The standard InChI is InChI=1S/C16H16FNO/c1-18(2)15-5-3-4-13(11-15)16(19)10-12-6-8-14(17)9-7-12/h3-9,11H,10H2,1-2H3. The first-order valence-corrected chi connectivity index (χ1v) is 6.11. The summed E-state index contributed by atoms with van der Waals surface area (Å²) in [4.78, 5) is 14.1.